The topological polar surface area (TPSA) is 0 Å². The van der Waals surface area contributed by atoms with Gasteiger partial charge in [0.15, 0.2) is 0 Å². The van der Waals surface area contributed by atoms with Crippen LogP contribution in [0, 0.1) is 0 Å². The summed E-state index contributed by atoms with van der Waals surface area (Å²) in [4.78, 5) is 0. The third-order valence-electron chi connectivity index (χ3n) is 13.8. The summed E-state index contributed by atoms with van der Waals surface area (Å²) in [5.41, 5.74) is 5.62. The molecule has 320 valence electrons. The SMILES string of the molecule is PCc1ccc(C[PH](CC[PH](Cc2ccc(C[PH](c3ccccc3)(c3ccccc3)c3ccccc3)cc2)(c2ccccc2)c2ccccc2)(c2ccccc2)c2ccccc2)cc1. The Hall–Kier alpha value is -5.30. The fraction of sp³-hybridized carbons (Fsp3) is 0.100. The van der Waals surface area contributed by atoms with E-state index in [4.69, 9.17) is 0 Å². The predicted octanol–water partition coefficient (Wildman–Crippen LogP) is 11.8. The van der Waals surface area contributed by atoms with Gasteiger partial charge in [0.1, 0.15) is 0 Å². The normalized spacial score (nSPS) is 12.6. The molecule has 0 saturated carbocycles. The third kappa shape index (κ3) is 9.41. The molecular weight excluding hydrogens is 845 g/mol. The van der Waals surface area contributed by atoms with Gasteiger partial charge in [0.05, 0.1) is 0 Å². The van der Waals surface area contributed by atoms with Gasteiger partial charge in [-0.1, -0.05) is 0 Å². The average Bonchev–Trinajstić information content (AvgIpc) is 3.39. The fourth-order valence-electron chi connectivity index (χ4n) is 10.5. The van der Waals surface area contributed by atoms with Crippen LogP contribution in [-0.2, 0) is 24.6 Å². The standard InChI is InChI=1S/C60H60P4/c61-46-50-36-38-51(39-37-50)47-62(54-22-8-1-9-23-54,55-24-10-2-11-25-55)44-45-63(56-26-12-3-13-27-56,57-28-14-4-15-29-57)48-52-40-42-53(43-41-52)49-64(58-30-16-5-17-31-58,59-32-18-6-19-33-59)60-34-20-7-21-35-60/h1-43,62-64H,44-49,61H2. The monoisotopic (exact) mass is 904 g/mol. The summed E-state index contributed by atoms with van der Waals surface area (Å²) < 4.78 is 0. The maximum absolute atomic E-state index is 2.89. The fourth-order valence-corrected chi connectivity index (χ4v) is 27.1. The first-order valence-electron chi connectivity index (χ1n) is 22.9. The van der Waals surface area contributed by atoms with E-state index in [1.54, 1.807) is 0 Å². The molecule has 1 unspecified atom stereocenters. The van der Waals surface area contributed by atoms with Crippen LogP contribution < -0.4 is 37.1 Å². The minimum absolute atomic E-state index is 0.972. The van der Waals surface area contributed by atoms with Crippen molar-refractivity contribution in [3.05, 3.63) is 283 Å². The second kappa shape index (κ2) is 20.7. The van der Waals surface area contributed by atoms with E-state index in [1.807, 2.05) is 0 Å². The average molecular weight is 905 g/mol. The molecule has 0 radical (unpaired) electrons. The van der Waals surface area contributed by atoms with E-state index in [2.05, 4.69) is 270 Å². The summed E-state index contributed by atoms with van der Waals surface area (Å²) in [5, 5.41) is 10.4. The summed E-state index contributed by atoms with van der Waals surface area (Å²) in [5.74, 6) is 0. The van der Waals surface area contributed by atoms with Crippen LogP contribution in [0.3, 0.4) is 0 Å². The molecule has 0 aromatic heterocycles. The van der Waals surface area contributed by atoms with Crippen molar-refractivity contribution in [3.63, 3.8) is 0 Å². The zero-order chi connectivity index (χ0) is 43.5. The van der Waals surface area contributed by atoms with Gasteiger partial charge >= 0.3 is 388 Å². The molecule has 0 aliphatic heterocycles. The van der Waals surface area contributed by atoms with Crippen molar-refractivity contribution in [1.82, 2.24) is 0 Å². The Bertz CT molecular complexity index is 2610. The molecule has 0 bridgehead atoms. The molecule has 1 atom stereocenters. The number of hydrogen-bond acceptors (Lipinski definition) is 0. The first-order valence-corrected chi connectivity index (χ1v) is 30.7. The Morgan fingerprint density at radius 1 is 0.234 bits per heavy atom. The van der Waals surface area contributed by atoms with Crippen LogP contribution in [-0.4, -0.2) is 12.3 Å². The first-order chi connectivity index (χ1) is 31.6. The molecule has 4 heteroatoms. The van der Waals surface area contributed by atoms with Crippen molar-refractivity contribution < 1.29 is 0 Å². The first kappa shape index (κ1) is 43.9. The van der Waals surface area contributed by atoms with Gasteiger partial charge < -0.3 is 0 Å². The van der Waals surface area contributed by atoms with E-state index in [0.717, 1.165) is 37.0 Å². The van der Waals surface area contributed by atoms with Crippen LogP contribution in [0.1, 0.15) is 22.3 Å². The number of hydrogen-bond donors (Lipinski definition) is 0. The zero-order valence-corrected chi connectivity index (χ0v) is 40.8. The van der Waals surface area contributed by atoms with Crippen LogP contribution in [0.4, 0.5) is 0 Å². The van der Waals surface area contributed by atoms with E-state index >= 15 is 0 Å². The molecule has 0 N–H and O–H groups in total. The Balaban J connectivity index is 1.15. The van der Waals surface area contributed by atoms with Crippen molar-refractivity contribution in [1.29, 1.82) is 0 Å². The minimum atomic E-state index is -2.48. The van der Waals surface area contributed by atoms with E-state index in [9.17, 15) is 0 Å². The summed E-state index contributed by atoms with van der Waals surface area (Å²) in [6.45, 7) is 0. The summed E-state index contributed by atoms with van der Waals surface area (Å²) in [6, 6.07) is 99.8. The van der Waals surface area contributed by atoms with Crippen LogP contribution in [0.5, 0.6) is 0 Å². The van der Waals surface area contributed by atoms with Crippen LogP contribution in [0.15, 0.2) is 261 Å². The third-order valence-corrected chi connectivity index (χ3v) is 29.7. The molecule has 0 aliphatic rings. The Kier molecular flexibility index (Phi) is 14.2. The van der Waals surface area contributed by atoms with Gasteiger partial charge in [0.2, 0.25) is 0 Å². The molecular formula is C60H60P4. The van der Waals surface area contributed by atoms with E-state index < -0.39 is 21.8 Å². The molecule has 0 spiro atoms. The summed E-state index contributed by atoms with van der Waals surface area (Å²) >= 11 is 0. The van der Waals surface area contributed by atoms with Gasteiger partial charge in [-0.05, 0) is 0 Å². The number of rotatable bonds is 17. The molecule has 64 heavy (non-hydrogen) atoms. The van der Waals surface area contributed by atoms with Gasteiger partial charge in [-0.3, -0.25) is 0 Å². The molecule has 0 aliphatic carbocycles. The number of benzene rings is 9. The van der Waals surface area contributed by atoms with E-state index in [1.165, 1.54) is 59.4 Å². The van der Waals surface area contributed by atoms with Crippen molar-refractivity contribution in [2.75, 3.05) is 12.3 Å². The van der Waals surface area contributed by atoms with Gasteiger partial charge in [-0.15, -0.1) is 0 Å². The quantitative estimate of drug-likeness (QED) is 0.0799. The van der Waals surface area contributed by atoms with Crippen molar-refractivity contribution >= 4 is 68.2 Å². The van der Waals surface area contributed by atoms with Gasteiger partial charge in [-0.25, -0.2) is 0 Å². The van der Waals surface area contributed by atoms with Crippen LogP contribution in [0.2, 0.25) is 0 Å². The Morgan fingerprint density at radius 3 is 0.703 bits per heavy atom. The second-order valence-electron chi connectivity index (χ2n) is 17.5. The molecule has 0 fully saturated rings. The maximum atomic E-state index is 2.89. The van der Waals surface area contributed by atoms with Gasteiger partial charge in [0, 0.05) is 0 Å². The van der Waals surface area contributed by atoms with Crippen LogP contribution >= 0.6 is 31.0 Å². The van der Waals surface area contributed by atoms with Crippen molar-refractivity contribution in [2.24, 2.45) is 0 Å². The van der Waals surface area contributed by atoms with Gasteiger partial charge in [-0.2, -0.15) is 0 Å². The zero-order valence-electron chi connectivity index (χ0n) is 36.6. The van der Waals surface area contributed by atoms with E-state index in [0.29, 0.717) is 0 Å². The van der Waals surface area contributed by atoms with Gasteiger partial charge in [0.25, 0.3) is 0 Å². The molecule has 0 amide bonds. The molecule has 9 aromatic rings. The Labute approximate surface area is 386 Å². The molecule has 0 saturated heterocycles. The second-order valence-corrected chi connectivity index (χ2v) is 30.1. The summed E-state index contributed by atoms with van der Waals surface area (Å²) in [7, 11) is -4.45. The predicted molar refractivity (Wildman–Crippen MR) is 295 cm³/mol. The van der Waals surface area contributed by atoms with Crippen molar-refractivity contribution in [3.8, 4) is 0 Å². The molecule has 0 nitrogen and oxygen atoms in total. The van der Waals surface area contributed by atoms with E-state index in [-0.39, 0.29) is 0 Å². The van der Waals surface area contributed by atoms with Crippen molar-refractivity contribution in [2.45, 2.75) is 24.6 Å². The summed E-state index contributed by atoms with van der Waals surface area (Å²) in [6.07, 6.45) is 6.37. The molecule has 9 rings (SSSR count). The molecule has 0 heterocycles. The van der Waals surface area contributed by atoms with Crippen LogP contribution in [0.25, 0.3) is 0 Å². The Morgan fingerprint density at radius 2 is 0.453 bits per heavy atom. The molecule has 9 aromatic carbocycles.